The molecule has 0 radical (unpaired) electrons. The van der Waals surface area contributed by atoms with Crippen molar-refractivity contribution in [2.24, 2.45) is 0 Å². The van der Waals surface area contributed by atoms with Crippen molar-refractivity contribution in [1.29, 1.82) is 0 Å². The minimum absolute atomic E-state index is 0.0983. The largest absolute Gasteiger partial charge is 0.477 e. The predicted molar refractivity (Wildman–Crippen MR) is 101 cm³/mol. The molecule has 27 heavy (non-hydrogen) atoms. The van der Waals surface area contributed by atoms with Crippen LogP contribution in [0, 0.1) is 0 Å². The van der Waals surface area contributed by atoms with Crippen LogP contribution >= 0.6 is 11.6 Å². The fourth-order valence-corrected chi connectivity index (χ4v) is 5.77. The lowest BCUT2D eigenvalue weighted by atomic mass is 10.1. The van der Waals surface area contributed by atoms with E-state index in [-0.39, 0.29) is 18.2 Å². The van der Waals surface area contributed by atoms with E-state index in [4.69, 9.17) is 16.3 Å². The highest BCUT2D eigenvalue weighted by Gasteiger charge is 2.35. The summed E-state index contributed by atoms with van der Waals surface area (Å²) in [5.41, 5.74) is 0.989. The number of amides is 1. The third-order valence-electron chi connectivity index (χ3n) is 5.05. The molecule has 1 unspecified atom stereocenters. The van der Waals surface area contributed by atoms with Crippen molar-refractivity contribution in [1.82, 2.24) is 14.7 Å². The molecule has 1 aromatic carbocycles. The van der Waals surface area contributed by atoms with Crippen LogP contribution in [0.25, 0.3) is 0 Å². The fourth-order valence-electron chi connectivity index (χ4n) is 3.62. The normalized spacial score (nSPS) is 21.8. The van der Waals surface area contributed by atoms with Crippen LogP contribution in [-0.2, 0) is 16.4 Å². The van der Waals surface area contributed by atoms with Gasteiger partial charge < -0.3 is 9.64 Å². The minimum atomic E-state index is -3.42. The van der Waals surface area contributed by atoms with E-state index in [9.17, 15) is 13.2 Å². The number of hydrogen-bond acceptors (Lipinski definition) is 5. The van der Waals surface area contributed by atoms with Crippen molar-refractivity contribution in [2.75, 3.05) is 25.4 Å². The number of aryl methyl sites for hydroxylation is 1. The smallest absolute Gasteiger partial charge is 0.261 e. The van der Waals surface area contributed by atoms with E-state index in [2.05, 4.69) is 5.10 Å². The van der Waals surface area contributed by atoms with Gasteiger partial charge in [0.05, 0.1) is 23.8 Å². The molecule has 9 heteroatoms. The molecule has 0 saturated carbocycles. The van der Waals surface area contributed by atoms with Gasteiger partial charge in [-0.05, 0) is 18.1 Å². The summed E-state index contributed by atoms with van der Waals surface area (Å²) in [6.07, 6.45) is 2.67. The average Bonchev–Trinajstić information content (AvgIpc) is 3.02. The molecule has 0 aliphatic carbocycles. The van der Waals surface area contributed by atoms with E-state index in [0.29, 0.717) is 48.1 Å². The molecule has 2 aliphatic heterocycles. The highest BCUT2D eigenvalue weighted by atomic mass is 35.5. The summed E-state index contributed by atoms with van der Waals surface area (Å²) in [5.74, 6) is 0.132. The van der Waals surface area contributed by atoms with Crippen LogP contribution < -0.4 is 4.74 Å². The van der Waals surface area contributed by atoms with Gasteiger partial charge in [0.2, 0.25) is 5.88 Å². The van der Waals surface area contributed by atoms with Gasteiger partial charge in [0.15, 0.2) is 9.84 Å². The molecule has 7 nitrogen and oxygen atoms in total. The maximum Gasteiger partial charge on any atom is 0.261 e. The summed E-state index contributed by atoms with van der Waals surface area (Å²) in [4.78, 5) is 14.6. The molecule has 1 amide bonds. The molecule has 0 spiro atoms. The number of carbonyl (C=O) groups is 1. The summed E-state index contributed by atoms with van der Waals surface area (Å²) in [6.45, 7) is 1.74. The number of nitrogens with zero attached hydrogens (tertiary/aromatic N) is 3. The van der Waals surface area contributed by atoms with Gasteiger partial charge >= 0.3 is 0 Å². The number of benzene rings is 1. The molecule has 1 saturated heterocycles. The maximum atomic E-state index is 13.0. The monoisotopic (exact) mass is 409 g/mol. The van der Waals surface area contributed by atoms with Crippen molar-refractivity contribution in [3.63, 3.8) is 0 Å². The number of aromatic nitrogens is 2. The summed E-state index contributed by atoms with van der Waals surface area (Å²) >= 11 is 6.23. The molecule has 4 rings (SSSR count). The second-order valence-electron chi connectivity index (χ2n) is 6.75. The first-order valence-corrected chi connectivity index (χ1v) is 11.0. The van der Waals surface area contributed by atoms with Gasteiger partial charge in [-0.15, -0.1) is 0 Å². The molecule has 2 aromatic rings. The van der Waals surface area contributed by atoms with Crippen molar-refractivity contribution < 1.29 is 17.9 Å². The molecule has 0 N–H and O–H groups in total. The Labute approximate surface area is 162 Å². The number of halogens is 1. The second kappa shape index (κ2) is 7.16. The molecular weight excluding hydrogens is 390 g/mol. The number of carbonyl (C=O) groups excluding carboxylic acids is 1. The number of ether oxygens (including phenoxy) is 1. The number of hydrogen-bond donors (Lipinski definition) is 0. The molecule has 3 heterocycles. The quantitative estimate of drug-likeness (QED) is 0.760. The van der Waals surface area contributed by atoms with Crippen molar-refractivity contribution in [3.05, 3.63) is 46.6 Å². The Morgan fingerprint density at radius 3 is 2.85 bits per heavy atom. The van der Waals surface area contributed by atoms with Gasteiger partial charge in [-0.1, -0.05) is 29.8 Å². The Bertz CT molecular complexity index is 973. The van der Waals surface area contributed by atoms with Crippen LogP contribution in [0.3, 0.4) is 0 Å². The van der Waals surface area contributed by atoms with E-state index in [1.807, 2.05) is 0 Å². The van der Waals surface area contributed by atoms with Gasteiger partial charge in [0.1, 0.15) is 5.56 Å². The van der Waals surface area contributed by atoms with E-state index in [1.54, 1.807) is 33.8 Å². The molecule has 0 bridgehead atoms. The molecule has 1 fully saturated rings. The Morgan fingerprint density at radius 2 is 2.04 bits per heavy atom. The minimum Gasteiger partial charge on any atom is -0.477 e. The second-order valence-corrected chi connectivity index (χ2v) is 9.46. The lowest BCUT2D eigenvalue weighted by Gasteiger charge is -2.21. The van der Waals surface area contributed by atoms with E-state index >= 15 is 0 Å². The van der Waals surface area contributed by atoms with E-state index in [1.165, 1.54) is 6.20 Å². The summed E-state index contributed by atoms with van der Waals surface area (Å²) in [6, 6.07) is 6.98. The zero-order valence-corrected chi connectivity index (χ0v) is 16.2. The number of rotatable bonds is 2. The Kier molecular flexibility index (Phi) is 4.86. The van der Waals surface area contributed by atoms with Gasteiger partial charge in [0, 0.05) is 31.1 Å². The highest BCUT2D eigenvalue weighted by molar-refractivity contribution is 7.91. The standard InChI is InChI=1S/C18H20ClN3O4S/c19-15-5-2-1-4-13(15)16-6-8-21(9-11-27(16,24)25)17(23)14-12-20-22-7-3-10-26-18(14)22/h1-2,4-5,12,16H,3,6-11H2. The van der Waals surface area contributed by atoms with Gasteiger partial charge in [0.25, 0.3) is 5.91 Å². The first-order chi connectivity index (χ1) is 13.0. The Balaban J connectivity index is 1.58. The molecule has 1 atom stereocenters. The predicted octanol–water partition coefficient (Wildman–Crippen LogP) is 2.32. The van der Waals surface area contributed by atoms with Crippen LogP contribution in [0.5, 0.6) is 5.88 Å². The number of fused-ring (bicyclic) bond motifs is 1. The molecule has 2 aliphatic rings. The topological polar surface area (TPSA) is 81.5 Å². The van der Waals surface area contributed by atoms with Gasteiger partial charge in [-0.2, -0.15) is 5.10 Å². The van der Waals surface area contributed by atoms with E-state index < -0.39 is 15.1 Å². The van der Waals surface area contributed by atoms with Crippen LogP contribution in [0.1, 0.15) is 34.0 Å². The summed E-state index contributed by atoms with van der Waals surface area (Å²) in [7, 11) is -3.42. The molecule has 144 valence electrons. The summed E-state index contributed by atoms with van der Waals surface area (Å²) < 4.78 is 32.9. The fraction of sp³-hybridized carbons (Fsp3) is 0.444. The molecular formula is C18H20ClN3O4S. The third kappa shape index (κ3) is 3.43. The maximum absolute atomic E-state index is 13.0. The van der Waals surface area contributed by atoms with Gasteiger partial charge in [-0.25, -0.2) is 13.1 Å². The SMILES string of the molecule is O=C(c1cnn2c1OCCC2)N1CCC(c2ccccc2Cl)S(=O)(=O)CC1. The van der Waals surface area contributed by atoms with Crippen molar-refractivity contribution in [2.45, 2.75) is 24.6 Å². The zero-order valence-electron chi connectivity index (χ0n) is 14.7. The van der Waals surface area contributed by atoms with Crippen LogP contribution in [0.4, 0.5) is 0 Å². The Morgan fingerprint density at radius 1 is 1.22 bits per heavy atom. The lowest BCUT2D eigenvalue weighted by Crippen LogP contribution is -2.34. The van der Waals surface area contributed by atoms with Crippen LogP contribution in [0.2, 0.25) is 5.02 Å². The first kappa shape index (κ1) is 18.3. The lowest BCUT2D eigenvalue weighted by molar-refractivity contribution is 0.0759. The third-order valence-corrected chi connectivity index (χ3v) is 7.51. The molecule has 1 aromatic heterocycles. The van der Waals surface area contributed by atoms with Crippen molar-refractivity contribution in [3.8, 4) is 5.88 Å². The number of sulfone groups is 1. The highest BCUT2D eigenvalue weighted by Crippen LogP contribution is 2.34. The summed E-state index contributed by atoms with van der Waals surface area (Å²) in [5, 5.41) is 3.94. The first-order valence-electron chi connectivity index (χ1n) is 8.91. The van der Waals surface area contributed by atoms with Crippen LogP contribution in [0.15, 0.2) is 30.5 Å². The Hall–Kier alpha value is -2.06. The van der Waals surface area contributed by atoms with Crippen LogP contribution in [-0.4, -0.2) is 54.5 Å². The van der Waals surface area contributed by atoms with Crippen molar-refractivity contribution >= 4 is 27.3 Å². The zero-order chi connectivity index (χ0) is 19.0. The van der Waals surface area contributed by atoms with E-state index in [0.717, 1.165) is 6.42 Å². The average molecular weight is 410 g/mol. The van der Waals surface area contributed by atoms with Gasteiger partial charge in [-0.3, -0.25) is 4.79 Å².